The molecule has 10 heteroatoms. The van der Waals surface area contributed by atoms with Crippen molar-refractivity contribution in [2.24, 2.45) is 11.7 Å². The van der Waals surface area contributed by atoms with Crippen molar-refractivity contribution < 1.29 is 27.5 Å². The summed E-state index contributed by atoms with van der Waals surface area (Å²) >= 11 is 5.84. The lowest BCUT2D eigenvalue weighted by atomic mass is 9.94. The highest BCUT2D eigenvalue weighted by atomic mass is 35.5. The lowest BCUT2D eigenvalue weighted by Gasteiger charge is -2.35. The first-order valence-electron chi connectivity index (χ1n) is 9.21. The summed E-state index contributed by atoms with van der Waals surface area (Å²) in [4.78, 5) is 26.5. The van der Waals surface area contributed by atoms with Crippen LogP contribution in [0.25, 0.3) is 0 Å². The lowest BCUT2D eigenvalue weighted by molar-refractivity contribution is -0.153. The van der Waals surface area contributed by atoms with Gasteiger partial charge in [0.15, 0.2) is 6.61 Å². The van der Waals surface area contributed by atoms with Gasteiger partial charge in [0, 0.05) is 30.2 Å². The number of benzene rings is 1. The number of amides is 2. The summed E-state index contributed by atoms with van der Waals surface area (Å²) in [5, 5.41) is 2.94. The van der Waals surface area contributed by atoms with E-state index in [1.807, 2.05) is 0 Å². The van der Waals surface area contributed by atoms with E-state index in [1.165, 1.54) is 18.2 Å². The lowest BCUT2D eigenvalue weighted by Crippen LogP contribution is -2.55. The van der Waals surface area contributed by atoms with Crippen LogP contribution in [0.4, 0.5) is 13.2 Å². The largest absolute Gasteiger partial charge is 0.484 e. The Morgan fingerprint density at radius 1 is 1.34 bits per heavy atom. The van der Waals surface area contributed by atoms with Crippen LogP contribution in [0.5, 0.6) is 5.75 Å². The smallest absolute Gasteiger partial charge is 0.422 e. The van der Waals surface area contributed by atoms with Crippen molar-refractivity contribution in [3.63, 3.8) is 0 Å². The molecule has 1 aliphatic heterocycles. The predicted octanol–water partition coefficient (Wildman–Crippen LogP) is 2.87. The van der Waals surface area contributed by atoms with E-state index in [2.05, 4.69) is 5.32 Å². The Morgan fingerprint density at radius 3 is 2.66 bits per heavy atom. The molecular formula is C19H25ClF3N3O3. The standard InChI is InChI=1S/C19H25ClF3N3O3/c1-18(2,24)17(28)26-7-3-4-13(10-26)16(27)25-9-12-5-6-14(20)8-15(12)29-11-19(21,22)23/h5-6,8,13H,3-4,7,9-11,24H2,1-2H3,(H,25,27)/t13-/m1/s1. The normalized spacial score (nSPS) is 17.8. The third-order valence-electron chi connectivity index (χ3n) is 4.50. The van der Waals surface area contributed by atoms with Gasteiger partial charge < -0.3 is 20.7 Å². The second kappa shape index (κ2) is 9.21. The van der Waals surface area contributed by atoms with Gasteiger partial charge in [-0.15, -0.1) is 0 Å². The molecule has 0 aliphatic carbocycles. The average Bonchev–Trinajstić information content (AvgIpc) is 2.63. The van der Waals surface area contributed by atoms with E-state index >= 15 is 0 Å². The van der Waals surface area contributed by atoms with Crippen molar-refractivity contribution in [3.8, 4) is 5.75 Å². The fraction of sp³-hybridized carbons (Fsp3) is 0.579. The average molecular weight is 436 g/mol. The summed E-state index contributed by atoms with van der Waals surface area (Å²) in [6.45, 7) is 2.54. The van der Waals surface area contributed by atoms with Gasteiger partial charge in [-0.25, -0.2) is 0 Å². The molecule has 1 fully saturated rings. The Labute approximate surface area is 172 Å². The SMILES string of the molecule is CC(C)(N)C(=O)N1CCC[C@@H](C(=O)NCc2ccc(Cl)cc2OCC(F)(F)F)C1. The number of carbonyl (C=O) groups is 2. The third-order valence-corrected chi connectivity index (χ3v) is 4.74. The number of alkyl halides is 3. The highest BCUT2D eigenvalue weighted by molar-refractivity contribution is 6.30. The maximum atomic E-state index is 12.6. The van der Waals surface area contributed by atoms with Crippen molar-refractivity contribution >= 4 is 23.4 Å². The molecule has 29 heavy (non-hydrogen) atoms. The molecule has 1 aromatic rings. The van der Waals surface area contributed by atoms with Crippen molar-refractivity contribution in [2.45, 2.75) is 44.9 Å². The maximum Gasteiger partial charge on any atom is 0.422 e. The molecule has 1 saturated heterocycles. The molecule has 0 saturated carbocycles. The first-order chi connectivity index (χ1) is 13.4. The van der Waals surface area contributed by atoms with Crippen LogP contribution in [0.15, 0.2) is 18.2 Å². The number of hydrogen-bond acceptors (Lipinski definition) is 4. The van der Waals surface area contributed by atoms with Crippen LogP contribution in [-0.4, -0.2) is 48.1 Å². The minimum atomic E-state index is -4.49. The predicted molar refractivity (Wildman–Crippen MR) is 102 cm³/mol. The molecule has 3 N–H and O–H groups in total. The number of likely N-dealkylation sites (tertiary alicyclic amines) is 1. The topological polar surface area (TPSA) is 84.7 Å². The van der Waals surface area contributed by atoms with Crippen molar-refractivity contribution in [2.75, 3.05) is 19.7 Å². The third kappa shape index (κ3) is 7.08. The Hall–Kier alpha value is -2.00. The van der Waals surface area contributed by atoms with Crippen LogP contribution in [0.3, 0.4) is 0 Å². The number of hydrogen-bond donors (Lipinski definition) is 2. The zero-order valence-electron chi connectivity index (χ0n) is 16.3. The second-order valence-electron chi connectivity index (χ2n) is 7.69. The van der Waals surface area contributed by atoms with E-state index in [0.29, 0.717) is 24.9 Å². The van der Waals surface area contributed by atoms with Gasteiger partial charge in [-0.3, -0.25) is 9.59 Å². The van der Waals surface area contributed by atoms with Gasteiger partial charge in [0.05, 0.1) is 11.5 Å². The quantitative estimate of drug-likeness (QED) is 0.719. The Kier molecular flexibility index (Phi) is 7.40. The van der Waals surface area contributed by atoms with Gasteiger partial charge in [-0.2, -0.15) is 13.2 Å². The fourth-order valence-corrected chi connectivity index (χ4v) is 3.24. The summed E-state index contributed by atoms with van der Waals surface area (Å²) in [7, 11) is 0. The highest BCUT2D eigenvalue weighted by Crippen LogP contribution is 2.26. The number of halogens is 4. The fourth-order valence-electron chi connectivity index (χ4n) is 3.08. The minimum absolute atomic E-state index is 0.0178. The zero-order chi connectivity index (χ0) is 21.8. The molecule has 0 aromatic heterocycles. The van der Waals surface area contributed by atoms with Gasteiger partial charge in [0.2, 0.25) is 11.8 Å². The Bertz CT molecular complexity index is 750. The van der Waals surface area contributed by atoms with Crippen molar-refractivity contribution in [1.82, 2.24) is 10.2 Å². The summed E-state index contributed by atoms with van der Waals surface area (Å²) in [6.07, 6.45) is -3.21. The van der Waals surface area contributed by atoms with E-state index in [-0.39, 0.29) is 35.7 Å². The Balaban J connectivity index is 1.99. The van der Waals surface area contributed by atoms with Gasteiger partial charge in [0.1, 0.15) is 5.75 Å². The number of nitrogens with zero attached hydrogens (tertiary/aromatic N) is 1. The van der Waals surface area contributed by atoms with E-state index in [4.69, 9.17) is 22.1 Å². The molecule has 1 heterocycles. The summed E-state index contributed by atoms with van der Waals surface area (Å²) in [5.74, 6) is -0.966. The zero-order valence-corrected chi connectivity index (χ0v) is 17.1. The van der Waals surface area contributed by atoms with Crippen LogP contribution in [-0.2, 0) is 16.1 Å². The van der Waals surface area contributed by atoms with Crippen LogP contribution < -0.4 is 15.8 Å². The Morgan fingerprint density at radius 2 is 2.03 bits per heavy atom. The van der Waals surface area contributed by atoms with E-state index in [0.717, 1.165) is 0 Å². The molecule has 0 bridgehead atoms. The van der Waals surface area contributed by atoms with Crippen LogP contribution in [0.2, 0.25) is 5.02 Å². The molecule has 2 amide bonds. The first kappa shape index (κ1) is 23.3. The molecule has 2 rings (SSSR count). The summed E-state index contributed by atoms with van der Waals surface area (Å²) in [6, 6.07) is 4.29. The monoisotopic (exact) mass is 435 g/mol. The molecule has 0 unspecified atom stereocenters. The number of ether oxygens (including phenoxy) is 1. The molecule has 162 valence electrons. The summed E-state index contributed by atoms with van der Waals surface area (Å²) in [5.41, 5.74) is 5.21. The molecule has 6 nitrogen and oxygen atoms in total. The minimum Gasteiger partial charge on any atom is -0.484 e. The molecule has 1 aromatic carbocycles. The summed E-state index contributed by atoms with van der Waals surface area (Å²) < 4.78 is 42.2. The van der Waals surface area contributed by atoms with Crippen molar-refractivity contribution in [1.29, 1.82) is 0 Å². The van der Waals surface area contributed by atoms with E-state index < -0.39 is 24.2 Å². The van der Waals surface area contributed by atoms with Gasteiger partial charge in [-0.1, -0.05) is 17.7 Å². The first-order valence-corrected chi connectivity index (χ1v) is 9.58. The van der Waals surface area contributed by atoms with E-state index in [1.54, 1.807) is 18.7 Å². The van der Waals surface area contributed by atoms with Crippen molar-refractivity contribution in [3.05, 3.63) is 28.8 Å². The molecular weight excluding hydrogens is 411 g/mol. The maximum absolute atomic E-state index is 12.6. The molecule has 1 aliphatic rings. The molecule has 0 spiro atoms. The number of nitrogens with two attached hydrogens (primary N) is 1. The van der Waals surface area contributed by atoms with Crippen LogP contribution in [0.1, 0.15) is 32.3 Å². The number of rotatable bonds is 6. The van der Waals surface area contributed by atoms with Gasteiger partial charge in [0.25, 0.3) is 0 Å². The highest BCUT2D eigenvalue weighted by Gasteiger charge is 2.34. The number of nitrogens with one attached hydrogen (secondary N) is 1. The van der Waals surface area contributed by atoms with Gasteiger partial charge in [-0.05, 0) is 38.8 Å². The second-order valence-corrected chi connectivity index (χ2v) is 8.12. The van der Waals surface area contributed by atoms with Gasteiger partial charge >= 0.3 is 6.18 Å². The molecule has 0 radical (unpaired) electrons. The van der Waals surface area contributed by atoms with E-state index in [9.17, 15) is 22.8 Å². The molecule has 1 atom stereocenters. The van der Waals surface area contributed by atoms with Crippen LogP contribution >= 0.6 is 11.6 Å². The number of piperidine rings is 1. The number of carbonyl (C=O) groups excluding carboxylic acids is 2. The van der Waals surface area contributed by atoms with Crippen LogP contribution in [0, 0.1) is 5.92 Å².